The van der Waals surface area contributed by atoms with Gasteiger partial charge in [0, 0.05) is 42.4 Å². The highest BCUT2D eigenvalue weighted by Gasteiger charge is 2.13. The SMILES string of the molecule is CN(C(=O)c1ccc2cc[nH]c2c1)c1ccncc1. The fourth-order valence-electron chi connectivity index (χ4n) is 2.06. The van der Waals surface area contributed by atoms with Gasteiger partial charge in [-0.25, -0.2) is 0 Å². The number of rotatable bonds is 2. The summed E-state index contributed by atoms with van der Waals surface area (Å²) in [4.78, 5) is 21.1. The standard InChI is InChI=1S/C15H13N3O/c1-18(13-5-7-16-8-6-13)15(19)12-3-2-11-4-9-17-14(11)10-12/h2-10,17H,1H3. The lowest BCUT2D eigenvalue weighted by molar-refractivity contribution is 0.0993. The first-order chi connectivity index (χ1) is 9.25. The molecule has 1 aromatic carbocycles. The van der Waals surface area contributed by atoms with Crippen molar-refractivity contribution in [2.75, 3.05) is 11.9 Å². The number of benzene rings is 1. The lowest BCUT2D eigenvalue weighted by Crippen LogP contribution is -2.26. The van der Waals surface area contributed by atoms with Gasteiger partial charge in [-0.3, -0.25) is 9.78 Å². The number of carbonyl (C=O) groups excluding carboxylic acids is 1. The summed E-state index contributed by atoms with van der Waals surface area (Å²) in [7, 11) is 1.76. The predicted octanol–water partition coefficient (Wildman–Crippen LogP) is 2.84. The maximum atomic E-state index is 12.4. The Morgan fingerprint density at radius 2 is 1.95 bits per heavy atom. The summed E-state index contributed by atoms with van der Waals surface area (Å²) in [6.45, 7) is 0. The molecule has 1 N–H and O–H groups in total. The molecule has 19 heavy (non-hydrogen) atoms. The number of anilines is 1. The van der Waals surface area contributed by atoms with Crippen molar-refractivity contribution in [2.45, 2.75) is 0 Å². The maximum Gasteiger partial charge on any atom is 0.258 e. The van der Waals surface area contributed by atoms with Crippen LogP contribution in [0.5, 0.6) is 0 Å². The Bertz CT molecular complexity index is 718. The van der Waals surface area contributed by atoms with Crippen LogP contribution < -0.4 is 4.90 Å². The van der Waals surface area contributed by atoms with Gasteiger partial charge >= 0.3 is 0 Å². The third-order valence-electron chi connectivity index (χ3n) is 3.16. The molecule has 94 valence electrons. The zero-order valence-corrected chi connectivity index (χ0v) is 10.5. The minimum atomic E-state index is -0.0392. The van der Waals surface area contributed by atoms with Gasteiger partial charge in [0.05, 0.1) is 0 Å². The van der Waals surface area contributed by atoms with Crippen LogP contribution in [-0.2, 0) is 0 Å². The monoisotopic (exact) mass is 251 g/mol. The Labute approximate surface area is 110 Å². The first-order valence-electron chi connectivity index (χ1n) is 6.01. The first-order valence-corrected chi connectivity index (χ1v) is 6.01. The number of hydrogen-bond acceptors (Lipinski definition) is 2. The fourth-order valence-corrected chi connectivity index (χ4v) is 2.06. The first kappa shape index (κ1) is 11.5. The van der Waals surface area contributed by atoms with Crippen molar-refractivity contribution in [3.63, 3.8) is 0 Å². The number of pyridine rings is 1. The fraction of sp³-hybridized carbons (Fsp3) is 0.0667. The normalized spacial score (nSPS) is 10.6. The molecule has 0 unspecified atom stereocenters. The molecule has 0 aliphatic heterocycles. The van der Waals surface area contributed by atoms with Gasteiger partial charge in [0.15, 0.2) is 0 Å². The molecule has 0 aliphatic rings. The molecule has 2 aromatic heterocycles. The molecule has 4 nitrogen and oxygen atoms in total. The lowest BCUT2D eigenvalue weighted by Gasteiger charge is -2.17. The van der Waals surface area contributed by atoms with Crippen LogP contribution in [0.3, 0.4) is 0 Å². The highest BCUT2D eigenvalue weighted by molar-refractivity contribution is 6.07. The molecule has 0 aliphatic carbocycles. The quantitative estimate of drug-likeness (QED) is 0.761. The molecule has 0 atom stereocenters. The van der Waals surface area contributed by atoms with Crippen molar-refractivity contribution in [3.05, 3.63) is 60.6 Å². The van der Waals surface area contributed by atoms with Gasteiger partial charge < -0.3 is 9.88 Å². The maximum absolute atomic E-state index is 12.4. The number of carbonyl (C=O) groups is 1. The molecular weight excluding hydrogens is 238 g/mol. The van der Waals surface area contributed by atoms with Crippen molar-refractivity contribution in [3.8, 4) is 0 Å². The molecule has 0 saturated heterocycles. The van der Waals surface area contributed by atoms with E-state index in [1.807, 2.05) is 42.6 Å². The van der Waals surface area contributed by atoms with Crippen LogP contribution in [0, 0.1) is 0 Å². The number of aromatic amines is 1. The number of amides is 1. The van der Waals surface area contributed by atoms with Gasteiger partial charge in [0.25, 0.3) is 5.91 Å². The molecule has 1 amide bonds. The van der Waals surface area contributed by atoms with E-state index in [0.717, 1.165) is 16.6 Å². The molecule has 0 radical (unpaired) electrons. The Morgan fingerprint density at radius 1 is 1.16 bits per heavy atom. The van der Waals surface area contributed by atoms with Crippen molar-refractivity contribution < 1.29 is 4.79 Å². The molecular formula is C15H13N3O. The van der Waals surface area contributed by atoms with E-state index in [0.29, 0.717) is 5.56 Å². The van der Waals surface area contributed by atoms with Crippen LogP contribution in [0.4, 0.5) is 5.69 Å². The molecule has 3 rings (SSSR count). The zero-order valence-electron chi connectivity index (χ0n) is 10.5. The van der Waals surface area contributed by atoms with Crippen molar-refractivity contribution >= 4 is 22.5 Å². The van der Waals surface area contributed by atoms with Gasteiger partial charge in [-0.2, -0.15) is 0 Å². The summed E-state index contributed by atoms with van der Waals surface area (Å²) in [6, 6.07) is 11.3. The summed E-state index contributed by atoms with van der Waals surface area (Å²) in [5.41, 5.74) is 2.45. The van der Waals surface area contributed by atoms with Gasteiger partial charge in [-0.1, -0.05) is 6.07 Å². The predicted molar refractivity (Wildman–Crippen MR) is 75.3 cm³/mol. The van der Waals surface area contributed by atoms with Gasteiger partial charge in [-0.15, -0.1) is 0 Å². The molecule has 4 heteroatoms. The molecule has 3 aromatic rings. The second kappa shape index (κ2) is 4.57. The van der Waals surface area contributed by atoms with Crippen LogP contribution in [0.15, 0.2) is 55.0 Å². The summed E-state index contributed by atoms with van der Waals surface area (Å²) >= 11 is 0. The number of H-pyrrole nitrogens is 1. The van der Waals surface area contributed by atoms with E-state index >= 15 is 0 Å². The Balaban J connectivity index is 1.95. The number of nitrogens with zero attached hydrogens (tertiary/aromatic N) is 2. The number of aromatic nitrogens is 2. The van der Waals surface area contributed by atoms with E-state index in [4.69, 9.17) is 0 Å². The zero-order chi connectivity index (χ0) is 13.2. The largest absolute Gasteiger partial charge is 0.361 e. The summed E-state index contributed by atoms with van der Waals surface area (Å²) in [5, 5.41) is 1.10. The molecule has 2 heterocycles. The minimum Gasteiger partial charge on any atom is -0.361 e. The summed E-state index contributed by atoms with van der Waals surface area (Å²) < 4.78 is 0. The average Bonchev–Trinajstić information content (AvgIpc) is 2.94. The smallest absolute Gasteiger partial charge is 0.258 e. The average molecular weight is 251 g/mol. The molecule has 0 bridgehead atoms. The number of hydrogen-bond donors (Lipinski definition) is 1. The second-order valence-corrected chi connectivity index (χ2v) is 4.35. The second-order valence-electron chi connectivity index (χ2n) is 4.35. The van der Waals surface area contributed by atoms with Crippen LogP contribution in [0.25, 0.3) is 10.9 Å². The Morgan fingerprint density at radius 3 is 2.74 bits per heavy atom. The van der Waals surface area contributed by atoms with E-state index in [-0.39, 0.29) is 5.91 Å². The van der Waals surface area contributed by atoms with E-state index in [1.165, 1.54) is 0 Å². The lowest BCUT2D eigenvalue weighted by atomic mass is 10.1. The van der Waals surface area contributed by atoms with Gasteiger partial charge in [0.1, 0.15) is 0 Å². The van der Waals surface area contributed by atoms with Gasteiger partial charge in [0.2, 0.25) is 0 Å². The number of nitrogens with one attached hydrogen (secondary N) is 1. The molecule has 0 fully saturated rings. The minimum absolute atomic E-state index is 0.0392. The highest BCUT2D eigenvalue weighted by atomic mass is 16.2. The van der Waals surface area contributed by atoms with Gasteiger partial charge in [-0.05, 0) is 35.7 Å². The van der Waals surface area contributed by atoms with Crippen LogP contribution in [0.2, 0.25) is 0 Å². The van der Waals surface area contributed by atoms with E-state index in [2.05, 4.69) is 9.97 Å². The Hall–Kier alpha value is -2.62. The van der Waals surface area contributed by atoms with Crippen LogP contribution in [-0.4, -0.2) is 22.9 Å². The van der Waals surface area contributed by atoms with Crippen molar-refractivity contribution in [1.29, 1.82) is 0 Å². The number of fused-ring (bicyclic) bond motifs is 1. The summed E-state index contributed by atoms with van der Waals surface area (Å²) in [6.07, 6.45) is 5.21. The molecule has 0 spiro atoms. The topological polar surface area (TPSA) is 49.0 Å². The van der Waals surface area contributed by atoms with Crippen LogP contribution in [0.1, 0.15) is 10.4 Å². The van der Waals surface area contributed by atoms with Crippen LogP contribution >= 0.6 is 0 Å². The van der Waals surface area contributed by atoms with E-state index in [9.17, 15) is 4.79 Å². The molecule has 0 saturated carbocycles. The third-order valence-corrected chi connectivity index (χ3v) is 3.16. The van der Waals surface area contributed by atoms with Crippen molar-refractivity contribution in [1.82, 2.24) is 9.97 Å². The summed E-state index contributed by atoms with van der Waals surface area (Å²) in [5.74, 6) is -0.0392. The Kier molecular flexibility index (Phi) is 2.76. The van der Waals surface area contributed by atoms with Crippen molar-refractivity contribution in [2.24, 2.45) is 0 Å². The highest BCUT2D eigenvalue weighted by Crippen LogP contribution is 2.18. The third kappa shape index (κ3) is 2.08. The van der Waals surface area contributed by atoms with E-state index in [1.54, 1.807) is 24.3 Å². The van der Waals surface area contributed by atoms with E-state index < -0.39 is 0 Å².